The molecule has 0 heterocycles. The van der Waals surface area contributed by atoms with Crippen molar-refractivity contribution in [3.63, 3.8) is 0 Å². The Labute approximate surface area is 135 Å². The number of hydrogen-bond donors (Lipinski definition) is 0. The van der Waals surface area contributed by atoms with Gasteiger partial charge in [-0.25, -0.2) is 4.39 Å². The van der Waals surface area contributed by atoms with Crippen LogP contribution in [0, 0.1) is 15.9 Å². The molecule has 5 nitrogen and oxygen atoms in total. The molecule has 2 aromatic carbocycles. The van der Waals surface area contributed by atoms with Gasteiger partial charge in [0, 0.05) is 12.1 Å². The first-order chi connectivity index (χ1) is 9.93. The van der Waals surface area contributed by atoms with Crippen LogP contribution in [0.2, 0.25) is 0 Å². The second kappa shape index (κ2) is 6.31. The van der Waals surface area contributed by atoms with Gasteiger partial charge in [0.25, 0.3) is 5.69 Å². The van der Waals surface area contributed by atoms with Crippen molar-refractivity contribution in [2.75, 3.05) is 0 Å². The lowest BCUT2D eigenvalue weighted by molar-refractivity contribution is -0.385. The molecule has 8 heteroatoms. The van der Waals surface area contributed by atoms with Crippen LogP contribution in [0.15, 0.2) is 39.3 Å². The maximum atomic E-state index is 13.5. The molecule has 0 bridgehead atoms. The molecule has 0 radical (unpaired) electrons. The van der Waals surface area contributed by atoms with Gasteiger partial charge in [0.1, 0.15) is 11.6 Å². The Morgan fingerprint density at radius 3 is 2.38 bits per heavy atom. The van der Waals surface area contributed by atoms with Gasteiger partial charge in [-0.05, 0) is 44.0 Å². The van der Waals surface area contributed by atoms with E-state index in [9.17, 15) is 19.3 Å². The van der Waals surface area contributed by atoms with Crippen LogP contribution in [0.3, 0.4) is 0 Å². The van der Waals surface area contributed by atoms with Crippen molar-refractivity contribution in [2.45, 2.75) is 0 Å². The third kappa shape index (κ3) is 3.27. The van der Waals surface area contributed by atoms with E-state index >= 15 is 0 Å². The van der Waals surface area contributed by atoms with Crippen LogP contribution in [0.4, 0.5) is 10.1 Å². The Kier molecular flexibility index (Phi) is 4.69. The Hall–Kier alpha value is -1.80. The summed E-state index contributed by atoms with van der Waals surface area (Å²) in [6, 6.07) is 6.45. The zero-order chi connectivity index (χ0) is 15.6. The maximum Gasteiger partial charge on any atom is 0.271 e. The van der Waals surface area contributed by atoms with E-state index in [4.69, 9.17) is 4.74 Å². The summed E-state index contributed by atoms with van der Waals surface area (Å²) in [5.41, 5.74) is -0.370. The second-order valence-corrected chi connectivity index (χ2v) is 5.58. The average molecular weight is 419 g/mol. The summed E-state index contributed by atoms with van der Waals surface area (Å²) >= 11 is 6.29. The highest BCUT2D eigenvalue weighted by atomic mass is 79.9. The molecule has 0 aliphatic heterocycles. The number of benzene rings is 2. The number of aldehydes is 1. The van der Waals surface area contributed by atoms with Crippen molar-refractivity contribution in [2.24, 2.45) is 0 Å². The number of carbonyl (C=O) groups is 1. The van der Waals surface area contributed by atoms with E-state index in [0.717, 1.165) is 6.07 Å². The number of halogens is 3. The molecular formula is C13H6Br2FNO4. The monoisotopic (exact) mass is 417 g/mol. The standard InChI is InChI=1S/C13H6Br2FNO4/c14-9-4-7(17(19)20)5-10(15)13(9)21-12-3-1-2-11(16)8(12)6-18/h1-6H. The number of nitro benzene ring substituents is 1. The number of non-ortho nitro benzene ring substituents is 1. The minimum atomic E-state index is -0.711. The summed E-state index contributed by atoms with van der Waals surface area (Å²) in [7, 11) is 0. The molecule has 0 unspecified atom stereocenters. The normalized spacial score (nSPS) is 10.2. The molecule has 2 rings (SSSR count). The summed E-state index contributed by atoms with van der Waals surface area (Å²) < 4.78 is 19.6. The lowest BCUT2D eigenvalue weighted by atomic mass is 10.2. The van der Waals surface area contributed by atoms with Crippen LogP contribution in [0.5, 0.6) is 11.5 Å². The number of nitro groups is 1. The average Bonchev–Trinajstić information content (AvgIpc) is 2.42. The molecule has 0 amide bonds. The van der Waals surface area contributed by atoms with Crippen molar-refractivity contribution >= 4 is 43.8 Å². The van der Waals surface area contributed by atoms with E-state index in [1.165, 1.54) is 24.3 Å². The first-order valence-electron chi connectivity index (χ1n) is 5.49. The Morgan fingerprint density at radius 2 is 1.86 bits per heavy atom. The van der Waals surface area contributed by atoms with Gasteiger partial charge in [-0.1, -0.05) is 6.07 Å². The molecular weight excluding hydrogens is 413 g/mol. The maximum absolute atomic E-state index is 13.5. The van der Waals surface area contributed by atoms with Crippen LogP contribution in [0.1, 0.15) is 10.4 Å². The quantitative estimate of drug-likeness (QED) is 0.403. The van der Waals surface area contributed by atoms with Gasteiger partial charge in [0.05, 0.1) is 19.4 Å². The fraction of sp³-hybridized carbons (Fsp3) is 0. The van der Waals surface area contributed by atoms with Gasteiger partial charge in [0.2, 0.25) is 0 Å². The van der Waals surface area contributed by atoms with Gasteiger partial charge in [-0.15, -0.1) is 0 Å². The molecule has 2 aromatic rings. The third-order valence-corrected chi connectivity index (χ3v) is 3.71. The number of carbonyl (C=O) groups excluding carboxylic acids is 1. The number of rotatable bonds is 4. The summed E-state index contributed by atoms with van der Waals surface area (Å²) in [6.45, 7) is 0. The molecule has 21 heavy (non-hydrogen) atoms. The lowest BCUT2D eigenvalue weighted by Gasteiger charge is -2.11. The highest BCUT2D eigenvalue weighted by Gasteiger charge is 2.17. The molecule has 0 spiro atoms. The smallest absolute Gasteiger partial charge is 0.271 e. The van der Waals surface area contributed by atoms with E-state index in [-0.39, 0.29) is 22.7 Å². The van der Waals surface area contributed by atoms with Gasteiger partial charge in [0.15, 0.2) is 12.0 Å². The highest BCUT2D eigenvalue weighted by molar-refractivity contribution is 9.11. The molecule has 0 aliphatic carbocycles. The molecule has 0 N–H and O–H groups in total. The minimum absolute atomic E-state index is 0.0141. The molecule has 108 valence electrons. The van der Waals surface area contributed by atoms with Gasteiger partial charge >= 0.3 is 0 Å². The van der Waals surface area contributed by atoms with Crippen LogP contribution in [-0.2, 0) is 0 Å². The predicted molar refractivity (Wildman–Crippen MR) is 80.4 cm³/mol. The van der Waals surface area contributed by atoms with Crippen LogP contribution >= 0.6 is 31.9 Å². The van der Waals surface area contributed by atoms with Crippen molar-refractivity contribution in [1.82, 2.24) is 0 Å². The second-order valence-electron chi connectivity index (χ2n) is 3.87. The number of ether oxygens (including phenoxy) is 1. The Morgan fingerprint density at radius 1 is 1.24 bits per heavy atom. The van der Waals surface area contributed by atoms with E-state index in [1.54, 1.807) is 0 Å². The molecule has 0 fully saturated rings. The van der Waals surface area contributed by atoms with Gasteiger partial charge in [-0.2, -0.15) is 0 Å². The number of nitrogens with zero attached hydrogens (tertiary/aromatic N) is 1. The van der Waals surface area contributed by atoms with E-state index in [2.05, 4.69) is 31.9 Å². The van der Waals surface area contributed by atoms with Crippen molar-refractivity contribution in [1.29, 1.82) is 0 Å². The number of hydrogen-bond acceptors (Lipinski definition) is 4. The molecule has 0 saturated heterocycles. The highest BCUT2D eigenvalue weighted by Crippen LogP contribution is 2.40. The SMILES string of the molecule is O=Cc1c(F)cccc1Oc1c(Br)cc([N+](=O)[O-])cc1Br. The third-order valence-electron chi connectivity index (χ3n) is 2.54. The van der Waals surface area contributed by atoms with Gasteiger partial charge < -0.3 is 4.74 Å². The zero-order valence-corrected chi connectivity index (χ0v) is 13.4. The minimum Gasteiger partial charge on any atom is -0.454 e. The van der Waals surface area contributed by atoms with Gasteiger partial charge in [-0.3, -0.25) is 14.9 Å². The van der Waals surface area contributed by atoms with Crippen molar-refractivity contribution in [3.05, 3.63) is 60.8 Å². The Bertz CT molecular complexity index is 713. The summed E-state index contributed by atoms with van der Waals surface area (Å²) in [4.78, 5) is 21.1. The van der Waals surface area contributed by atoms with Crippen LogP contribution < -0.4 is 4.74 Å². The fourth-order valence-electron chi connectivity index (χ4n) is 1.58. The fourth-order valence-corrected chi connectivity index (χ4v) is 2.90. The van der Waals surface area contributed by atoms with E-state index in [0.29, 0.717) is 15.2 Å². The molecule has 0 aromatic heterocycles. The first-order valence-corrected chi connectivity index (χ1v) is 7.07. The molecule has 0 aliphatic rings. The van der Waals surface area contributed by atoms with Crippen LogP contribution in [0.25, 0.3) is 0 Å². The molecule has 0 saturated carbocycles. The zero-order valence-electron chi connectivity index (χ0n) is 10.2. The lowest BCUT2D eigenvalue weighted by Crippen LogP contribution is -1.96. The summed E-state index contributed by atoms with van der Waals surface area (Å²) in [6.07, 6.45) is 0.345. The molecule has 0 atom stereocenters. The summed E-state index contributed by atoms with van der Waals surface area (Å²) in [5.74, 6) is -0.494. The van der Waals surface area contributed by atoms with E-state index in [1.807, 2.05) is 0 Å². The van der Waals surface area contributed by atoms with Crippen molar-refractivity contribution in [3.8, 4) is 11.5 Å². The Balaban J connectivity index is 2.48. The first kappa shape index (κ1) is 15.6. The predicted octanol–water partition coefficient (Wildman–Crippen LogP) is 4.86. The van der Waals surface area contributed by atoms with Crippen molar-refractivity contribution < 1.29 is 18.8 Å². The summed E-state index contributed by atoms with van der Waals surface area (Å²) in [5, 5.41) is 10.7. The largest absolute Gasteiger partial charge is 0.454 e. The van der Waals surface area contributed by atoms with Crippen LogP contribution in [-0.4, -0.2) is 11.2 Å². The topological polar surface area (TPSA) is 69.4 Å². The van der Waals surface area contributed by atoms with E-state index < -0.39 is 10.7 Å².